The first-order chi connectivity index (χ1) is 8.83. The monoisotopic (exact) mass is 277 g/mol. The van der Waals surface area contributed by atoms with Gasteiger partial charge in [-0.05, 0) is 45.9 Å². The van der Waals surface area contributed by atoms with E-state index >= 15 is 0 Å². The molecular formula is C14H19N3OS. The number of aromatic nitrogens is 1. The standard InChI is InChI=1S/C14H19N3OS/c1-9-16-11-6-5-10(7-12(11)19-9)17-13(18)8-15-14(2,3)4/h5-7,15H,8H2,1-4H3,(H,17,18). The van der Waals surface area contributed by atoms with E-state index < -0.39 is 0 Å². The predicted molar refractivity (Wildman–Crippen MR) is 80.7 cm³/mol. The lowest BCUT2D eigenvalue weighted by Gasteiger charge is -2.20. The lowest BCUT2D eigenvalue weighted by atomic mass is 10.1. The minimum Gasteiger partial charge on any atom is -0.325 e. The summed E-state index contributed by atoms with van der Waals surface area (Å²) in [6.45, 7) is 8.39. The van der Waals surface area contributed by atoms with Gasteiger partial charge in [-0.2, -0.15) is 0 Å². The maximum absolute atomic E-state index is 11.8. The van der Waals surface area contributed by atoms with Crippen molar-refractivity contribution in [3.05, 3.63) is 23.2 Å². The lowest BCUT2D eigenvalue weighted by molar-refractivity contribution is -0.115. The Morgan fingerprint density at radius 3 is 2.79 bits per heavy atom. The highest BCUT2D eigenvalue weighted by Crippen LogP contribution is 2.24. The molecule has 4 nitrogen and oxygen atoms in total. The SMILES string of the molecule is Cc1nc2ccc(NC(=O)CNC(C)(C)C)cc2s1. The van der Waals surface area contributed by atoms with E-state index in [1.165, 1.54) is 0 Å². The van der Waals surface area contributed by atoms with Gasteiger partial charge in [0.25, 0.3) is 0 Å². The van der Waals surface area contributed by atoms with Crippen LogP contribution in [0.3, 0.4) is 0 Å². The first kappa shape index (κ1) is 14.0. The van der Waals surface area contributed by atoms with Crippen LogP contribution in [-0.2, 0) is 4.79 Å². The van der Waals surface area contributed by atoms with Crippen LogP contribution in [0, 0.1) is 6.92 Å². The van der Waals surface area contributed by atoms with Gasteiger partial charge in [0.15, 0.2) is 0 Å². The van der Waals surface area contributed by atoms with Crippen molar-refractivity contribution in [1.29, 1.82) is 0 Å². The number of hydrogen-bond donors (Lipinski definition) is 2. The summed E-state index contributed by atoms with van der Waals surface area (Å²) in [5.41, 5.74) is 1.74. The number of thiazole rings is 1. The number of carbonyl (C=O) groups excluding carboxylic acids is 1. The normalized spacial score (nSPS) is 11.8. The minimum atomic E-state index is -0.0594. The van der Waals surface area contributed by atoms with Gasteiger partial charge in [-0.25, -0.2) is 4.98 Å². The second kappa shape index (κ2) is 5.27. The summed E-state index contributed by atoms with van der Waals surface area (Å²) >= 11 is 1.63. The third-order valence-corrected chi connectivity index (χ3v) is 3.49. The molecule has 1 aromatic carbocycles. The topological polar surface area (TPSA) is 54.0 Å². The molecule has 0 aliphatic carbocycles. The molecule has 2 aromatic rings. The number of carbonyl (C=O) groups is 1. The Labute approximate surface area is 117 Å². The second-order valence-corrected chi connectivity index (χ2v) is 6.80. The average molecular weight is 277 g/mol. The molecule has 0 atom stereocenters. The van der Waals surface area contributed by atoms with E-state index in [0.29, 0.717) is 6.54 Å². The van der Waals surface area contributed by atoms with Crippen LogP contribution >= 0.6 is 11.3 Å². The molecule has 19 heavy (non-hydrogen) atoms. The fourth-order valence-electron chi connectivity index (χ4n) is 1.67. The third kappa shape index (κ3) is 4.01. The van der Waals surface area contributed by atoms with Crippen LogP contribution in [0.5, 0.6) is 0 Å². The Kier molecular flexibility index (Phi) is 3.87. The quantitative estimate of drug-likeness (QED) is 0.907. The Hall–Kier alpha value is -1.46. The summed E-state index contributed by atoms with van der Waals surface area (Å²) in [6.07, 6.45) is 0. The minimum absolute atomic E-state index is 0.0319. The number of rotatable bonds is 3. The number of nitrogens with zero attached hydrogens (tertiary/aromatic N) is 1. The highest BCUT2D eigenvalue weighted by atomic mass is 32.1. The molecule has 0 aliphatic rings. The number of fused-ring (bicyclic) bond motifs is 1. The van der Waals surface area contributed by atoms with Crippen molar-refractivity contribution in [3.63, 3.8) is 0 Å². The number of hydrogen-bond acceptors (Lipinski definition) is 4. The summed E-state index contributed by atoms with van der Waals surface area (Å²) in [6, 6.07) is 5.79. The molecule has 0 unspecified atom stereocenters. The maximum atomic E-state index is 11.8. The number of anilines is 1. The average Bonchev–Trinajstić information content (AvgIpc) is 2.65. The Bertz CT molecular complexity index is 598. The van der Waals surface area contributed by atoms with Gasteiger partial charge in [0.2, 0.25) is 5.91 Å². The van der Waals surface area contributed by atoms with E-state index in [9.17, 15) is 4.79 Å². The molecule has 0 saturated carbocycles. The molecule has 1 heterocycles. The van der Waals surface area contributed by atoms with Crippen molar-refractivity contribution in [2.24, 2.45) is 0 Å². The van der Waals surface area contributed by atoms with E-state index in [4.69, 9.17) is 0 Å². The van der Waals surface area contributed by atoms with Crippen molar-refractivity contribution in [2.75, 3.05) is 11.9 Å². The molecule has 2 rings (SSSR count). The van der Waals surface area contributed by atoms with Crippen LogP contribution in [0.1, 0.15) is 25.8 Å². The third-order valence-electron chi connectivity index (χ3n) is 2.56. The zero-order valence-electron chi connectivity index (χ0n) is 11.7. The van der Waals surface area contributed by atoms with E-state index in [0.717, 1.165) is 20.9 Å². The van der Waals surface area contributed by atoms with Crippen molar-refractivity contribution >= 4 is 33.1 Å². The molecule has 0 spiro atoms. The Balaban J connectivity index is 2.02. The number of nitrogens with one attached hydrogen (secondary N) is 2. The van der Waals surface area contributed by atoms with Gasteiger partial charge in [0.05, 0.1) is 21.8 Å². The van der Waals surface area contributed by atoms with Gasteiger partial charge in [0, 0.05) is 11.2 Å². The van der Waals surface area contributed by atoms with Crippen LogP contribution in [0.2, 0.25) is 0 Å². The Morgan fingerprint density at radius 2 is 2.11 bits per heavy atom. The van der Waals surface area contributed by atoms with Crippen LogP contribution in [-0.4, -0.2) is 23.0 Å². The molecular weight excluding hydrogens is 258 g/mol. The molecule has 2 N–H and O–H groups in total. The van der Waals surface area contributed by atoms with Crippen LogP contribution in [0.4, 0.5) is 5.69 Å². The van der Waals surface area contributed by atoms with Crippen LogP contribution in [0.25, 0.3) is 10.2 Å². The van der Waals surface area contributed by atoms with E-state index in [-0.39, 0.29) is 11.4 Å². The molecule has 1 amide bonds. The predicted octanol–water partition coefficient (Wildman–Crippen LogP) is 2.93. The molecule has 0 aliphatic heterocycles. The van der Waals surface area contributed by atoms with Gasteiger partial charge in [-0.15, -0.1) is 11.3 Å². The van der Waals surface area contributed by atoms with Crippen LogP contribution in [0.15, 0.2) is 18.2 Å². The molecule has 0 fully saturated rings. The molecule has 1 aromatic heterocycles. The van der Waals surface area contributed by atoms with E-state index in [1.807, 2.05) is 45.9 Å². The number of amides is 1. The largest absolute Gasteiger partial charge is 0.325 e. The highest BCUT2D eigenvalue weighted by Gasteiger charge is 2.11. The van der Waals surface area contributed by atoms with Crippen molar-refractivity contribution < 1.29 is 4.79 Å². The smallest absolute Gasteiger partial charge is 0.238 e. The highest BCUT2D eigenvalue weighted by molar-refractivity contribution is 7.18. The Morgan fingerprint density at radius 1 is 1.37 bits per heavy atom. The van der Waals surface area contributed by atoms with Gasteiger partial charge < -0.3 is 10.6 Å². The van der Waals surface area contributed by atoms with Crippen molar-refractivity contribution in [2.45, 2.75) is 33.2 Å². The van der Waals surface area contributed by atoms with E-state index in [1.54, 1.807) is 11.3 Å². The lowest BCUT2D eigenvalue weighted by Crippen LogP contribution is -2.41. The van der Waals surface area contributed by atoms with Gasteiger partial charge in [0.1, 0.15) is 0 Å². The van der Waals surface area contributed by atoms with Crippen molar-refractivity contribution in [1.82, 2.24) is 10.3 Å². The zero-order valence-corrected chi connectivity index (χ0v) is 12.5. The number of benzene rings is 1. The van der Waals surface area contributed by atoms with E-state index in [2.05, 4.69) is 15.6 Å². The maximum Gasteiger partial charge on any atom is 0.238 e. The second-order valence-electron chi connectivity index (χ2n) is 5.57. The van der Waals surface area contributed by atoms with Crippen molar-refractivity contribution in [3.8, 4) is 0 Å². The summed E-state index contributed by atoms with van der Waals surface area (Å²) < 4.78 is 1.10. The fraction of sp³-hybridized carbons (Fsp3) is 0.429. The summed E-state index contributed by atoms with van der Waals surface area (Å²) in [5.74, 6) is -0.0319. The fourth-order valence-corrected chi connectivity index (χ4v) is 2.53. The van der Waals surface area contributed by atoms with Gasteiger partial charge >= 0.3 is 0 Å². The first-order valence-electron chi connectivity index (χ1n) is 6.25. The zero-order chi connectivity index (χ0) is 14.0. The first-order valence-corrected chi connectivity index (χ1v) is 7.07. The molecule has 5 heteroatoms. The summed E-state index contributed by atoms with van der Waals surface area (Å²) in [5, 5.41) is 7.09. The molecule has 0 radical (unpaired) electrons. The molecule has 0 saturated heterocycles. The summed E-state index contributed by atoms with van der Waals surface area (Å²) in [7, 11) is 0. The molecule has 0 bridgehead atoms. The summed E-state index contributed by atoms with van der Waals surface area (Å²) in [4.78, 5) is 16.2. The van der Waals surface area contributed by atoms with Crippen LogP contribution < -0.4 is 10.6 Å². The van der Waals surface area contributed by atoms with Gasteiger partial charge in [-0.3, -0.25) is 4.79 Å². The van der Waals surface area contributed by atoms with Gasteiger partial charge in [-0.1, -0.05) is 0 Å². The molecule has 102 valence electrons. The number of aryl methyl sites for hydroxylation is 1.